The molecule has 22 heavy (non-hydrogen) atoms. The highest BCUT2D eigenvalue weighted by Gasteiger charge is 2.03. The third-order valence-corrected chi connectivity index (χ3v) is 3.30. The van der Waals surface area contributed by atoms with Gasteiger partial charge in [-0.15, -0.1) is 0 Å². The Kier molecular flexibility index (Phi) is 3.87. The van der Waals surface area contributed by atoms with Crippen LogP contribution in [-0.4, -0.2) is 20.9 Å². The predicted octanol–water partition coefficient (Wildman–Crippen LogP) is 3.18. The number of aromatic carboxylic acids is 1. The van der Waals surface area contributed by atoms with Crippen LogP contribution in [0.4, 0.5) is 5.69 Å². The van der Waals surface area contributed by atoms with Gasteiger partial charge in [0, 0.05) is 6.54 Å². The zero-order chi connectivity index (χ0) is 15.4. The van der Waals surface area contributed by atoms with Gasteiger partial charge in [-0.2, -0.15) is 5.10 Å². The quantitative estimate of drug-likeness (QED) is 0.758. The molecule has 0 aliphatic rings. The molecule has 0 unspecified atom stereocenters. The fourth-order valence-electron chi connectivity index (χ4n) is 2.11. The minimum Gasteiger partial charge on any atom is -0.478 e. The highest BCUT2D eigenvalue weighted by atomic mass is 16.4. The highest BCUT2D eigenvalue weighted by molar-refractivity contribution is 5.87. The van der Waals surface area contributed by atoms with Crippen molar-refractivity contribution >= 4 is 11.7 Å². The van der Waals surface area contributed by atoms with Crippen LogP contribution in [0.3, 0.4) is 0 Å². The van der Waals surface area contributed by atoms with Crippen molar-refractivity contribution in [3.8, 4) is 5.69 Å². The third-order valence-electron chi connectivity index (χ3n) is 3.30. The van der Waals surface area contributed by atoms with Gasteiger partial charge >= 0.3 is 5.97 Å². The molecule has 3 aromatic rings. The second-order valence-electron chi connectivity index (χ2n) is 4.86. The molecule has 0 atom stereocenters. The molecule has 1 aromatic heterocycles. The van der Waals surface area contributed by atoms with Crippen LogP contribution in [-0.2, 0) is 6.54 Å². The molecule has 0 aliphatic carbocycles. The minimum absolute atomic E-state index is 0.292. The Morgan fingerprint density at radius 2 is 1.82 bits per heavy atom. The smallest absolute Gasteiger partial charge is 0.335 e. The van der Waals surface area contributed by atoms with Gasteiger partial charge in [0.1, 0.15) is 0 Å². The second kappa shape index (κ2) is 6.13. The first-order valence-corrected chi connectivity index (χ1v) is 6.88. The second-order valence-corrected chi connectivity index (χ2v) is 4.86. The summed E-state index contributed by atoms with van der Waals surface area (Å²) < 4.78 is 1.80. The monoisotopic (exact) mass is 293 g/mol. The van der Waals surface area contributed by atoms with E-state index >= 15 is 0 Å². The molecular formula is C17H15N3O2. The summed E-state index contributed by atoms with van der Waals surface area (Å²) in [5, 5.41) is 16.4. The van der Waals surface area contributed by atoms with E-state index in [2.05, 4.69) is 10.4 Å². The predicted molar refractivity (Wildman–Crippen MR) is 84.3 cm³/mol. The average Bonchev–Trinajstić information content (AvgIpc) is 3.03. The molecule has 0 bridgehead atoms. The number of carboxylic acid groups (broad SMARTS) is 1. The molecule has 5 heteroatoms. The molecule has 0 radical (unpaired) electrons. The zero-order valence-corrected chi connectivity index (χ0v) is 11.8. The molecule has 0 fully saturated rings. The van der Waals surface area contributed by atoms with Gasteiger partial charge < -0.3 is 10.4 Å². The summed E-state index contributed by atoms with van der Waals surface area (Å²) in [5.41, 5.74) is 3.21. The normalized spacial score (nSPS) is 10.4. The summed E-state index contributed by atoms with van der Waals surface area (Å²) in [4.78, 5) is 10.8. The van der Waals surface area contributed by atoms with Crippen LogP contribution in [0.25, 0.3) is 5.69 Å². The third kappa shape index (κ3) is 3.15. The first-order chi connectivity index (χ1) is 10.7. The lowest BCUT2D eigenvalue weighted by molar-refractivity contribution is 0.0697. The highest BCUT2D eigenvalue weighted by Crippen LogP contribution is 2.13. The number of carbonyl (C=O) groups is 1. The summed E-state index contributed by atoms with van der Waals surface area (Å²) in [7, 11) is 0. The first-order valence-electron chi connectivity index (χ1n) is 6.88. The Morgan fingerprint density at radius 1 is 1.09 bits per heavy atom. The number of carboxylic acids is 1. The SMILES string of the molecule is O=C(O)c1ccc(CNc2cnn(-c3ccccc3)c2)cc1. The van der Waals surface area contributed by atoms with Gasteiger partial charge in [0.05, 0.1) is 29.3 Å². The van der Waals surface area contributed by atoms with Gasteiger partial charge in [-0.25, -0.2) is 9.48 Å². The van der Waals surface area contributed by atoms with Crippen molar-refractivity contribution in [2.24, 2.45) is 0 Å². The number of para-hydroxylation sites is 1. The number of hydrogen-bond acceptors (Lipinski definition) is 3. The summed E-state index contributed by atoms with van der Waals surface area (Å²) in [6, 6.07) is 16.7. The number of hydrogen-bond donors (Lipinski definition) is 2. The van der Waals surface area contributed by atoms with Crippen LogP contribution in [0.1, 0.15) is 15.9 Å². The standard InChI is InChI=1S/C17H15N3O2/c21-17(22)14-8-6-13(7-9-14)10-18-15-11-19-20(12-15)16-4-2-1-3-5-16/h1-9,11-12,18H,10H2,(H,21,22). The summed E-state index contributed by atoms with van der Waals surface area (Å²) in [5.74, 6) is -0.913. The van der Waals surface area contributed by atoms with E-state index in [1.165, 1.54) is 0 Å². The molecule has 0 saturated heterocycles. The largest absolute Gasteiger partial charge is 0.478 e. The lowest BCUT2D eigenvalue weighted by Gasteiger charge is -2.04. The van der Waals surface area contributed by atoms with Gasteiger partial charge in [-0.1, -0.05) is 30.3 Å². The van der Waals surface area contributed by atoms with E-state index < -0.39 is 5.97 Å². The van der Waals surface area contributed by atoms with Gasteiger partial charge in [0.25, 0.3) is 0 Å². The average molecular weight is 293 g/mol. The summed E-state index contributed by atoms with van der Waals surface area (Å²) in [6.45, 7) is 0.611. The molecule has 2 aromatic carbocycles. The Bertz CT molecular complexity index is 764. The van der Waals surface area contributed by atoms with E-state index in [1.807, 2.05) is 36.5 Å². The van der Waals surface area contributed by atoms with Crippen molar-refractivity contribution in [2.45, 2.75) is 6.54 Å². The van der Waals surface area contributed by atoms with Crippen molar-refractivity contribution in [1.82, 2.24) is 9.78 Å². The van der Waals surface area contributed by atoms with Gasteiger partial charge in [-0.3, -0.25) is 0 Å². The van der Waals surface area contributed by atoms with Crippen LogP contribution in [0.2, 0.25) is 0 Å². The summed E-state index contributed by atoms with van der Waals surface area (Å²) >= 11 is 0. The van der Waals surface area contributed by atoms with E-state index in [4.69, 9.17) is 5.11 Å². The van der Waals surface area contributed by atoms with E-state index in [9.17, 15) is 4.79 Å². The Hall–Kier alpha value is -3.08. The zero-order valence-electron chi connectivity index (χ0n) is 11.8. The topological polar surface area (TPSA) is 67.2 Å². The van der Waals surface area contributed by atoms with Gasteiger partial charge in [0.15, 0.2) is 0 Å². The van der Waals surface area contributed by atoms with Crippen LogP contribution in [0.15, 0.2) is 67.0 Å². The number of rotatable bonds is 5. The lowest BCUT2D eigenvalue weighted by Crippen LogP contribution is -2.00. The molecule has 2 N–H and O–H groups in total. The number of nitrogens with zero attached hydrogens (tertiary/aromatic N) is 2. The molecule has 110 valence electrons. The molecule has 1 heterocycles. The summed E-state index contributed by atoms with van der Waals surface area (Å²) in [6.07, 6.45) is 3.68. The fourth-order valence-corrected chi connectivity index (χ4v) is 2.11. The lowest BCUT2D eigenvalue weighted by atomic mass is 10.1. The molecule has 0 spiro atoms. The maximum absolute atomic E-state index is 10.8. The van der Waals surface area contributed by atoms with Crippen LogP contribution < -0.4 is 5.32 Å². The van der Waals surface area contributed by atoms with Crippen molar-refractivity contribution in [1.29, 1.82) is 0 Å². The Balaban J connectivity index is 1.65. The van der Waals surface area contributed by atoms with E-state index in [0.29, 0.717) is 12.1 Å². The van der Waals surface area contributed by atoms with Crippen LogP contribution in [0.5, 0.6) is 0 Å². The van der Waals surface area contributed by atoms with Crippen molar-refractivity contribution in [3.63, 3.8) is 0 Å². The van der Waals surface area contributed by atoms with Crippen LogP contribution in [0, 0.1) is 0 Å². The fraction of sp³-hybridized carbons (Fsp3) is 0.0588. The van der Waals surface area contributed by atoms with Gasteiger partial charge in [-0.05, 0) is 29.8 Å². The van der Waals surface area contributed by atoms with Crippen molar-refractivity contribution < 1.29 is 9.90 Å². The van der Waals surface area contributed by atoms with Crippen LogP contribution >= 0.6 is 0 Å². The molecule has 0 amide bonds. The number of aromatic nitrogens is 2. The first kappa shape index (κ1) is 13.9. The molecule has 3 rings (SSSR count). The number of anilines is 1. The van der Waals surface area contributed by atoms with Gasteiger partial charge in [0.2, 0.25) is 0 Å². The Labute approximate surface area is 127 Å². The molecule has 0 aliphatic heterocycles. The number of benzene rings is 2. The van der Waals surface area contributed by atoms with Crippen molar-refractivity contribution in [2.75, 3.05) is 5.32 Å². The van der Waals surface area contributed by atoms with E-state index in [1.54, 1.807) is 35.1 Å². The number of nitrogens with one attached hydrogen (secondary N) is 1. The molecule has 5 nitrogen and oxygen atoms in total. The van der Waals surface area contributed by atoms with Crippen molar-refractivity contribution in [3.05, 3.63) is 78.1 Å². The Morgan fingerprint density at radius 3 is 2.50 bits per heavy atom. The minimum atomic E-state index is -0.913. The van der Waals surface area contributed by atoms with E-state index in [-0.39, 0.29) is 0 Å². The van der Waals surface area contributed by atoms with E-state index in [0.717, 1.165) is 16.9 Å². The molecular weight excluding hydrogens is 278 g/mol. The maximum atomic E-state index is 10.8. The molecule has 0 saturated carbocycles. The maximum Gasteiger partial charge on any atom is 0.335 e.